The standard InChI is InChI=1S/C45H62FN7O9S/c1-32-9-11-38(54)29-43(57)62-44(34(3)25-35-26-36(46)28-37(27-35)50-21-23-52(24-22-50)63(59,60)39-30-47-48(4)31-39)33(2)10-12-40(32)61-45(58)51-19-17-49(18-20-51)15-7-5-6-8-16-53-41(55)13-14-42(53)56/h10,12-14,25-28,30-33,38,40,44,54H,5-9,11,15-24,29H2,1-4H3/b12-10+,34-25+/t32-,33-,38+,40+,44-/m0/s1. The van der Waals surface area contributed by atoms with Gasteiger partial charge in [-0.15, -0.1) is 0 Å². The van der Waals surface area contributed by atoms with Gasteiger partial charge in [0, 0.05) is 95.9 Å². The summed E-state index contributed by atoms with van der Waals surface area (Å²) in [6.45, 7) is 10.6. The molecule has 344 valence electrons. The van der Waals surface area contributed by atoms with Crippen LogP contribution in [0.25, 0.3) is 6.08 Å². The number of carbonyl (C=O) groups excluding carboxylic acids is 4. The molecule has 0 bridgehead atoms. The van der Waals surface area contributed by atoms with Crippen molar-refractivity contribution >= 4 is 45.7 Å². The molecule has 0 saturated carbocycles. The molecule has 4 aliphatic rings. The molecule has 5 heterocycles. The van der Waals surface area contributed by atoms with Crippen molar-refractivity contribution in [3.63, 3.8) is 0 Å². The Bertz CT molecular complexity index is 2130. The molecule has 6 rings (SSSR count). The quantitative estimate of drug-likeness (QED) is 0.130. The van der Waals surface area contributed by atoms with E-state index in [1.807, 2.05) is 37.0 Å². The van der Waals surface area contributed by atoms with Gasteiger partial charge in [-0.1, -0.05) is 38.8 Å². The first-order valence-corrected chi connectivity index (χ1v) is 23.5. The Morgan fingerprint density at radius 2 is 1.60 bits per heavy atom. The number of benzene rings is 1. The maximum Gasteiger partial charge on any atom is 0.410 e. The number of aliphatic hydroxyl groups excluding tert-OH is 1. The SMILES string of the molecule is C/C(=C\c1cc(F)cc(N2CCN(S(=O)(=O)c3cnn(C)c3)CC2)c1)[C@H]1OC(=O)C[C@H](O)CC[C@H](C)[C@H](OC(=O)N2CCN(CCCCCCN3C(=O)C=CC3=O)CC2)/C=C/[C@@H]1C. The molecular weight excluding hydrogens is 834 g/mol. The molecule has 1 aromatic carbocycles. The highest BCUT2D eigenvalue weighted by molar-refractivity contribution is 7.89. The fourth-order valence-corrected chi connectivity index (χ4v) is 9.89. The lowest BCUT2D eigenvalue weighted by Crippen LogP contribution is -2.49. The van der Waals surface area contributed by atoms with Crippen molar-refractivity contribution in [3.05, 3.63) is 71.9 Å². The normalized spacial score (nSPS) is 25.5. The fraction of sp³-hybridized carbons (Fsp3) is 0.578. The van der Waals surface area contributed by atoms with Crippen LogP contribution in [-0.4, -0.2) is 150 Å². The van der Waals surface area contributed by atoms with Crippen molar-refractivity contribution < 1.29 is 46.6 Å². The smallest absolute Gasteiger partial charge is 0.410 e. The van der Waals surface area contributed by atoms with E-state index in [0.29, 0.717) is 62.4 Å². The molecule has 0 spiro atoms. The van der Waals surface area contributed by atoms with Gasteiger partial charge in [0.25, 0.3) is 11.8 Å². The van der Waals surface area contributed by atoms with Crippen molar-refractivity contribution in [2.24, 2.45) is 18.9 Å². The van der Waals surface area contributed by atoms with Crippen LogP contribution in [0.2, 0.25) is 0 Å². The number of ether oxygens (including phenoxy) is 2. The Morgan fingerprint density at radius 1 is 0.921 bits per heavy atom. The van der Waals surface area contributed by atoms with Crippen LogP contribution in [0.5, 0.6) is 0 Å². The van der Waals surface area contributed by atoms with Gasteiger partial charge in [0.15, 0.2) is 0 Å². The zero-order valence-corrected chi connectivity index (χ0v) is 37.6. The Balaban J connectivity index is 1.04. The summed E-state index contributed by atoms with van der Waals surface area (Å²) in [6.07, 6.45) is 12.4. The first-order valence-electron chi connectivity index (χ1n) is 22.1. The Hall–Kier alpha value is -4.91. The number of cyclic esters (lactones) is 1. The molecule has 0 unspecified atom stereocenters. The van der Waals surface area contributed by atoms with E-state index in [4.69, 9.17) is 9.47 Å². The van der Waals surface area contributed by atoms with Crippen molar-refractivity contribution in [3.8, 4) is 0 Å². The number of aryl methyl sites for hydroxylation is 1. The third-order valence-electron chi connectivity index (χ3n) is 12.3. The minimum Gasteiger partial charge on any atom is -0.457 e. The van der Waals surface area contributed by atoms with Crippen molar-refractivity contribution in [1.29, 1.82) is 0 Å². The van der Waals surface area contributed by atoms with Crippen LogP contribution in [0.1, 0.15) is 71.3 Å². The van der Waals surface area contributed by atoms with Crippen LogP contribution >= 0.6 is 0 Å². The summed E-state index contributed by atoms with van der Waals surface area (Å²) in [5, 5.41) is 14.8. The van der Waals surface area contributed by atoms with Crippen LogP contribution in [0.3, 0.4) is 0 Å². The lowest BCUT2D eigenvalue weighted by Gasteiger charge is -2.35. The number of aromatic nitrogens is 2. The van der Waals surface area contributed by atoms with E-state index < -0.39 is 46.2 Å². The number of rotatable bonds is 13. The number of piperazine rings is 2. The van der Waals surface area contributed by atoms with Crippen LogP contribution < -0.4 is 4.90 Å². The second-order valence-corrected chi connectivity index (χ2v) is 19.1. The summed E-state index contributed by atoms with van der Waals surface area (Å²) in [4.78, 5) is 57.5. The number of carbonyl (C=O) groups is 4. The van der Waals surface area contributed by atoms with Gasteiger partial charge in [-0.05, 0) is 80.5 Å². The lowest BCUT2D eigenvalue weighted by atomic mass is 9.91. The summed E-state index contributed by atoms with van der Waals surface area (Å²) >= 11 is 0. The molecule has 0 radical (unpaired) electrons. The number of sulfonamides is 1. The average Bonchev–Trinajstić information content (AvgIpc) is 3.84. The van der Waals surface area contributed by atoms with Gasteiger partial charge in [0.2, 0.25) is 10.0 Å². The molecule has 2 saturated heterocycles. The molecule has 3 amide bonds. The predicted octanol–water partition coefficient (Wildman–Crippen LogP) is 4.37. The van der Waals surface area contributed by atoms with Gasteiger partial charge in [-0.2, -0.15) is 9.40 Å². The molecule has 4 aliphatic heterocycles. The Kier molecular flexibility index (Phi) is 16.3. The summed E-state index contributed by atoms with van der Waals surface area (Å²) in [5.74, 6) is -2.05. The first kappa shape index (κ1) is 47.6. The van der Waals surface area contributed by atoms with E-state index in [1.54, 1.807) is 24.9 Å². The van der Waals surface area contributed by atoms with Gasteiger partial charge in [0.05, 0.1) is 18.7 Å². The maximum absolute atomic E-state index is 15.2. The van der Waals surface area contributed by atoms with Crippen LogP contribution in [0.4, 0.5) is 14.9 Å². The van der Waals surface area contributed by atoms with E-state index in [-0.39, 0.29) is 48.1 Å². The minimum atomic E-state index is -3.71. The summed E-state index contributed by atoms with van der Waals surface area (Å²) in [5.41, 5.74) is 1.77. The molecule has 18 heteroatoms. The fourth-order valence-electron chi connectivity index (χ4n) is 8.48. The second-order valence-electron chi connectivity index (χ2n) is 17.2. The van der Waals surface area contributed by atoms with Crippen molar-refractivity contribution in [2.45, 2.75) is 88.9 Å². The van der Waals surface area contributed by atoms with E-state index in [1.165, 1.54) is 50.6 Å². The average molecular weight is 896 g/mol. The highest BCUT2D eigenvalue weighted by atomic mass is 32.2. The summed E-state index contributed by atoms with van der Waals surface area (Å²) < 4.78 is 56.4. The molecule has 2 aromatic rings. The van der Waals surface area contributed by atoms with Crippen LogP contribution in [-0.2, 0) is 40.9 Å². The number of amides is 3. The number of hydrogen-bond donors (Lipinski definition) is 1. The zero-order chi connectivity index (χ0) is 45.3. The molecule has 1 aromatic heterocycles. The number of halogens is 1. The number of hydrogen-bond acceptors (Lipinski definition) is 12. The third kappa shape index (κ3) is 12.9. The van der Waals surface area contributed by atoms with Gasteiger partial charge in [-0.3, -0.25) is 28.9 Å². The van der Waals surface area contributed by atoms with E-state index >= 15 is 4.39 Å². The van der Waals surface area contributed by atoms with Crippen LogP contribution in [0.15, 0.2) is 65.4 Å². The van der Waals surface area contributed by atoms with Gasteiger partial charge >= 0.3 is 12.1 Å². The third-order valence-corrected chi connectivity index (χ3v) is 14.2. The van der Waals surface area contributed by atoms with Gasteiger partial charge in [0.1, 0.15) is 22.9 Å². The van der Waals surface area contributed by atoms with Gasteiger partial charge in [-0.25, -0.2) is 17.6 Å². The maximum atomic E-state index is 15.2. The molecule has 0 aliphatic carbocycles. The molecule has 16 nitrogen and oxygen atoms in total. The van der Waals surface area contributed by atoms with E-state index in [2.05, 4.69) is 10.00 Å². The topological polar surface area (TPSA) is 175 Å². The van der Waals surface area contributed by atoms with Gasteiger partial charge < -0.3 is 24.4 Å². The molecule has 1 N–H and O–H groups in total. The number of aliphatic hydroxyl groups is 1. The summed E-state index contributed by atoms with van der Waals surface area (Å²) in [7, 11) is -2.06. The largest absolute Gasteiger partial charge is 0.457 e. The first-order chi connectivity index (χ1) is 30.1. The Labute approximate surface area is 370 Å². The highest BCUT2D eigenvalue weighted by Gasteiger charge is 2.32. The minimum absolute atomic E-state index is 0.124. The molecular formula is C45H62FN7O9S. The Morgan fingerprint density at radius 3 is 2.27 bits per heavy atom. The zero-order valence-electron chi connectivity index (χ0n) is 36.8. The number of unbranched alkanes of at least 4 members (excludes halogenated alkanes) is 3. The predicted molar refractivity (Wildman–Crippen MR) is 234 cm³/mol. The monoisotopic (exact) mass is 895 g/mol. The molecule has 5 atom stereocenters. The van der Waals surface area contributed by atoms with E-state index in [0.717, 1.165) is 45.3 Å². The van der Waals surface area contributed by atoms with E-state index in [9.17, 15) is 32.7 Å². The van der Waals surface area contributed by atoms with Crippen molar-refractivity contribution in [1.82, 2.24) is 28.8 Å². The molecule has 2 fully saturated rings. The second kappa shape index (κ2) is 21.6. The highest BCUT2D eigenvalue weighted by Crippen LogP contribution is 2.28. The number of imide groups is 1. The van der Waals surface area contributed by atoms with Crippen LogP contribution in [0, 0.1) is 17.7 Å². The number of esters is 1. The number of anilines is 1. The molecule has 63 heavy (non-hydrogen) atoms. The summed E-state index contributed by atoms with van der Waals surface area (Å²) in [6, 6.07) is 4.63. The lowest BCUT2D eigenvalue weighted by molar-refractivity contribution is -0.151. The van der Waals surface area contributed by atoms with Crippen molar-refractivity contribution in [2.75, 3.05) is 70.3 Å². The number of nitrogens with zero attached hydrogens (tertiary/aromatic N) is 7.